The quantitative estimate of drug-likeness (QED) is 0.687. The highest BCUT2D eigenvalue weighted by molar-refractivity contribution is 7.99. The minimum atomic E-state index is 0.119. The summed E-state index contributed by atoms with van der Waals surface area (Å²) in [6.45, 7) is 9.20. The van der Waals surface area contributed by atoms with Gasteiger partial charge in [0.2, 0.25) is 0 Å². The van der Waals surface area contributed by atoms with E-state index in [0.717, 1.165) is 31.0 Å². The highest BCUT2D eigenvalue weighted by Crippen LogP contribution is 2.30. The van der Waals surface area contributed by atoms with Crippen molar-refractivity contribution in [3.63, 3.8) is 0 Å². The largest absolute Gasteiger partial charge is 0.490 e. The second-order valence-corrected chi connectivity index (χ2v) is 8.62. The van der Waals surface area contributed by atoms with Crippen LogP contribution in [-0.4, -0.2) is 72.6 Å². The van der Waals surface area contributed by atoms with Crippen molar-refractivity contribution >= 4 is 17.7 Å². The summed E-state index contributed by atoms with van der Waals surface area (Å²) >= 11 is 1.98. The Morgan fingerprint density at radius 2 is 1.79 bits per heavy atom. The fourth-order valence-corrected chi connectivity index (χ4v) is 5.09. The van der Waals surface area contributed by atoms with Gasteiger partial charge < -0.3 is 19.3 Å². The fourth-order valence-electron chi connectivity index (χ4n) is 4.04. The molecule has 0 N–H and O–H groups in total. The maximum atomic E-state index is 13.4. The first-order chi connectivity index (χ1) is 13.7. The number of nitrogens with zero attached hydrogens (tertiary/aromatic N) is 2. The number of piperidine rings is 1. The zero-order valence-electron chi connectivity index (χ0n) is 17.3. The van der Waals surface area contributed by atoms with Gasteiger partial charge in [0.1, 0.15) is 0 Å². The molecule has 3 rings (SSSR count). The Kier molecular flexibility index (Phi) is 8.34. The number of benzene rings is 1. The average molecular weight is 407 g/mol. The van der Waals surface area contributed by atoms with E-state index in [-0.39, 0.29) is 11.9 Å². The van der Waals surface area contributed by atoms with Gasteiger partial charge in [0, 0.05) is 24.4 Å². The van der Waals surface area contributed by atoms with Crippen LogP contribution in [0.4, 0.5) is 0 Å². The highest BCUT2D eigenvalue weighted by Gasteiger charge is 2.29. The third-order valence-corrected chi connectivity index (χ3v) is 6.61. The zero-order chi connectivity index (χ0) is 19.8. The maximum absolute atomic E-state index is 13.4. The van der Waals surface area contributed by atoms with Crippen LogP contribution in [0.2, 0.25) is 0 Å². The van der Waals surface area contributed by atoms with Crippen molar-refractivity contribution in [1.29, 1.82) is 0 Å². The minimum Gasteiger partial charge on any atom is -0.490 e. The Labute approximate surface area is 173 Å². The Hall–Kier alpha value is -1.40. The second kappa shape index (κ2) is 11.0. The maximum Gasteiger partial charge on any atom is 0.254 e. The van der Waals surface area contributed by atoms with Crippen molar-refractivity contribution in [2.75, 3.05) is 50.9 Å². The van der Waals surface area contributed by atoms with E-state index in [2.05, 4.69) is 9.80 Å². The van der Waals surface area contributed by atoms with E-state index < -0.39 is 0 Å². The van der Waals surface area contributed by atoms with Gasteiger partial charge in [-0.15, -0.1) is 0 Å². The smallest absolute Gasteiger partial charge is 0.254 e. The molecule has 2 saturated heterocycles. The Bertz CT molecular complexity index is 634. The topological polar surface area (TPSA) is 42.0 Å². The number of likely N-dealkylation sites (tertiary alicyclic amines) is 1. The molecule has 156 valence electrons. The molecule has 1 atom stereocenters. The normalized spacial score (nSPS) is 21.2. The van der Waals surface area contributed by atoms with Gasteiger partial charge in [-0.25, -0.2) is 0 Å². The Balaban J connectivity index is 1.77. The van der Waals surface area contributed by atoms with Gasteiger partial charge in [-0.3, -0.25) is 4.79 Å². The standard InChI is InChI=1S/C22H34N2O3S/c1-3-26-20-10-9-18(15-21(20)27-4-2)22(25)24-13-8-14-28-17-19(24)16-23-11-6-5-7-12-23/h9-10,15,19H,3-8,11-14,16-17H2,1-2H3. The molecular weight excluding hydrogens is 372 g/mol. The third-order valence-electron chi connectivity index (χ3n) is 5.41. The van der Waals surface area contributed by atoms with Crippen molar-refractivity contribution < 1.29 is 14.3 Å². The lowest BCUT2D eigenvalue weighted by Crippen LogP contribution is -2.49. The summed E-state index contributed by atoms with van der Waals surface area (Å²) < 4.78 is 11.4. The van der Waals surface area contributed by atoms with Crippen LogP contribution in [0, 0.1) is 0 Å². The summed E-state index contributed by atoms with van der Waals surface area (Å²) in [5.74, 6) is 3.64. The van der Waals surface area contributed by atoms with Gasteiger partial charge in [0.25, 0.3) is 5.91 Å². The van der Waals surface area contributed by atoms with Gasteiger partial charge >= 0.3 is 0 Å². The number of thioether (sulfide) groups is 1. The Morgan fingerprint density at radius 1 is 1.04 bits per heavy atom. The lowest BCUT2D eigenvalue weighted by atomic mass is 10.1. The van der Waals surface area contributed by atoms with Crippen LogP contribution >= 0.6 is 11.8 Å². The number of carbonyl (C=O) groups is 1. The van der Waals surface area contributed by atoms with Crippen LogP contribution in [0.5, 0.6) is 11.5 Å². The second-order valence-electron chi connectivity index (χ2n) is 7.47. The van der Waals surface area contributed by atoms with Crippen molar-refractivity contribution in [1.82, 2.24) is 9.80 Å². The van der Waals surface area contributed by atoms with E-state index >= 15 is 0 Å². The van der Waals surface area contributed by atoms with E-state index in [9.17, 15) is 4.79 Å². The van der Waals surface area contributed by atoms with E-state index in [1.54, 1.807) is 0 Å². The number of hydrogen-bond acceptors (Lipinski definition) is 5. The minimum absolute atomic E-state index is 0.119. The highest BCUT2D eigenvalue weighted by atomic mass is 32.2. The molecule has 2 fully saturated rings. The van der Waals surface area contributed by atoms with E-state index in [1.807, 2.05) is 43.8 Å². The molecule has 0 saturated carbocycles. The van der Waals surface area contributed by atoms with Gasteiger partial charge in [-0.1, -0.05) is 6.42 Å². The molecule has 6 heteroatoms. The predicted octanol–water partition coefficient (Wildman–Crippen LogP) is 3.92. The fraction of sp³-hybridized carbons (Fsp3) is 0.682. The molecular formula is C22H34N2O3S. The molecule has 28 heavy (non-hydrogen) atoms. The van der Waals surface area contributed by atoms with E-state index in [1.165, 1.54) is 32.4 Å². The van der Waals surface area contributed by atoms with Crippen LogP contribution < -0.4 is 9.47 Å². The summed E-state index contributed by atoms with van der Waals surface area (Å²) in [5.41, 5.74) is 0.697. The van der Waals surface area contributed by atoms with Crippen LogP contribution in [0.3, 0.4) is 0 Å². The van der Waals surface area contributed by atoms with Crippen molar-refractivity contribution in [2.45, 2.75) is 45.6 Å². The molecule has 0 bridgehead atoms. The molecule has 2 aliphatic rings. The van der Waals surface area contributed by atoms with Gasteiger partial charge in [-0.05, 0) is 70.2 Å². The summed E-state index contributed by atoms with van der Waals surface area (Å²) in [6.07, 6.45) is 4.96. The third kappa shape index (κ3) is 5.57. The first kappa shape index (κ1) is 21.3. The number of amides is 1. The molecule has 1 aromatic rings. The lowest BCUT2D eigenvalue weighted by molar-refractivity contribution is 0.0645. The van der Waals surface area contributed by atoms with Crippen molar-refractivity contribution in [2.24, 2.45) is 0 Å². The summed E-state index contributed by atoms with van der Waals surface area (Å²) in [5, 5.41) is 0. The summed E-state index contributed by atoms with van der Waals surface area (Å²) in [4.78, 5) is 18.1. The van der Waals surface area contributed by atoms with Crippen LogP contribution in [0.15, 0.2) is 18.2 Å². The SMILES string of the molecule is CCOc1ccc(C(=O)N2CCCSCC2CN2CCCCC2)cc1OCC. The van der Waals surface area contributed by atoms with Crippen molar-refractivity contribution in [3.8, 4) is 11.5 Å². The molecule has 0 aliphatic carbocycles. The molecule has 1 aromatic carbocycles. The number of rotatable bonds is 7. The Morgan fingerprint density at radius 3 is 2.54 bits per heavy atom. The zero-order valence-corrected chi connectivity index (χ0v) is 18.1. The summed E-state index contributed by atoms with van der Waals surface area (Å²) in [7, 11) is 0. The molecule has 2 aliphatic heterocycles. The van der Waals surface area contributed by atoms with Crippen LogP contribution in [0.1, 0.15) is 49.9 Å². The molecule has 5 nitrogen and oxygen atoms in total. The van der Waals surface area contributed by atoms with E-state index in [0.29, 0.717) is 30.3 Å². The van der Waals surface area contributed by atoms with Gasteiger partial charge in [0.05, 0.1) is 19.3 Å². The number of carbonyl (C=O) groups excluding carboxylic acids is 1. The first-order valence-corrected chi connectivity index (χ1v) is 11.9. The molecule has 1 unspecified atom stereocenters. The van der Waals surface area contributed by atoms with Crippen LogP contribution in [0.25, 0.3) is 0 Å². The monoisotopic (exact) mass is 406 g/mol. The van der Waals surface area contributed by atoms with E-state index in [4.69, 9.17) is 9.47 Å². The molecule has 0 radical (unpaired) electrons. The first-order valence-electron chi connectivity index (χ1n) is 10.7. The lowest BCUT2D eigenvalue weighted by Gasteiger charge is -2.36. The number of hydrogen-bond donors (Lipinski definition) is 0. The molecule has 1 amide bonds. The van der Waals surface area contributed by atoms with Gasteiger partial charge in [-0.2, -0.15) is 11.8 Å². The molecule has 0 spiro atoms. The van der Waals surface area contributed by atoms with Crippen molar-refractivity contribution in [3.05, 3.63) is 23.8 Å². The predicted molar refractivity (Wildman–Crippen MR) is 116 cm³/mol. The number of ether oxygens (including phenoxy) is 2. The average Bonchev–Trinajstić information content (AvgIpc) is 2.95. The molecule has 2 heterocycles. The summed E-state index contributed by atoms with van der Waals surface area (Å²) in [6, 6.07) is 5.88. The van der Waals surface area contributed by atoms with Gasteiger partial charge in [0.15, 0.2) is 11.5 Å². The molecule has 0 aromatic heterocycles. The van der Waals surface area contributed by atoms with Crippen LogP contribution in [-0.2, 0) is 0 Å².